The minimum atomic E-state index is -1.70. The molecule has 5 nitrogen and oxygen atoms in total. The minimum Gasteiger partial charge on any atom is -0.429 e. The summed E-state index contributed by atoms with van der Waals surface area (Å²) in [5.74, 6) is 0.0905. The monoisotopic (exact) mass is 194 g/mol. The molecule has 1 aromatic carbocycles. The molecule has 72 valence electrons. The van der Waals surface area contributed by atoms with E-state index in [-0.39, 0.29) is 23.2 Å². The SMILES string of the molecule is O=COc1cc(C=O)cc(B(O)O)c1. The molecule has 0 atom stereocenters. The average Bonchev–Trinajstić information content (AvgIpc) is 2.17. The topological polar surface area (TPSA) is 83.8 Å². The molecule has 0 aromatic heterocycles. The number of benzene rings is 1. The molecule has 0 spiro atoms. The first-order chi connectivity index (χ1) is 6.67. The zero-order valence-electron chi connectivity index (χ0n) is 7.08. The van der Waals surface area contributed by atoms with E-state index in [1.807, 2.05) is 0 Å². The third-order valence-corrected chi connectivity index (χ3v) is 1.57. The van der Waals surface area contributed by atoms with Gasteiger partial charge in [-0.15, -0.1) is 0 Å². The predicted molar refractivity (Wildman–Crippen MR) is 48.3 cm³/mol. The molecule has 0 bridgehead atoms. The van der Waals surface area contributed by atoms with E-state index in [1.165, 1.54) is 18.2 Å². The van der Waals surface area contributed by atoms with Crippen LogP contribution >= 0.6 is 0 Å². The molecule has 0 saturated carbocycles. The number of aldehydes is 1. The summed E-state index contributed by atoms with van der Waals surface area (Å²) >= 11 is 0. The summed E-state index contributed by atoms with van der Waals surface area (Å²) < 4.78 is 4.48. The van der Waals surface area contributed by atoms with Gasteiger partial charge in [0.2, 0.25) is 0 Å². The van der Waals surface area contributed by atoms with Gasteiger partial charge in [-0.3, -0.25) is 9.59 Å². The fourth-order valence-corrected chi connectivity index (χ4v) is 0.987. The second-order valence-electron chi connectivity index (χ2n) is 2.54. The quantitative estimate of drug-likeness (QED) is 0.460. The van der Waals surface area contributed by atoms with E-state index in [9.17, 15) is 9.59 Å². The van der Waals surface area contributed by atoms with Crippen molar-refractivity contribution in [1.29, 1.82) is 0 Å². The molecule has 0 fully saturated rings. The van der Waals surface area contributed by atoms with Gasteiger partial charge in [-0.2, -0.15) is 0 Å². The molecule has 0 saturated heterocycles. The van der Waals surface area contributed by atoms with E-state index in [1.54, 1.807) is 0 Å². The maximum absolute atomic E-state index is 10.4. The second kappa shape index (κ2) is 4.54. The highest BCUT2D eigenvalue weighted by molar-refractivity contribution is 6.58. The Balaban J connectivity index is 3.12. The molecule has 1 aromatic rings. The third-order valence-electron chi connectivity index (χ3n) is 1.57. The van der Waals surface area contributed by atoms with Crippen molar-refractivity contribution in [2.45, 2.75) is 0 Å². The van der Waals surface area contributed by atoms with Gasteiger partial charge in [0.15, 0.2) is 0 Å². The Kier molecular flexibility index (Phi) is 3.38. The van der Waals surface area contributed by atoms with Crippen LogP contribution in [-0.2, 0) is 4.79 Å². The first-order valence-corrected chi connectivity index (χ1v) is 3.74. The van der Waals surface area contributed by atoms with Crippen LogP contribution in [0.1, 0.15) is 10.4 Å². The number of carbonyl (C=O) groups is 2. The summed E-state index contributed by atoms with van der Waals surface area (Å²) in [7, 11) is -1.70. The lowest BCUT2D eigenvalue weighted by Gasteiger charge is -2.03. The molecule has 14 heavy (non-hydrogen) atoms. The molecule has 2 N–H and O–H groups in total. The zero-order valence-corrected chi connectivity index (χ0v) is 7.08. The van der Waals surface area contributed by atoms with Crippen LogP contribution in [0.2, 0.25) is 0 Å². The summed E-state index contributed by atoms with van der Waals surface area (Å²) in [6.45, 7) is 0.192. The average molecular weight is 194 g/mol. The van der Waals surface area contributed by atoms with Gasteiger partial charge in [-0.25, -0.2) is 0 Å². The Morgan fingerprint density at radius 2 is 1.93 bits per heavy atom. The van der Waals surface area contributed by atoms with Crippen LogP contribution in [0.25, 0.3) is 0 Å². The lowest BCUT2D eigenvalue weighted by Crippen LogP contribution is -2.30. The summed E-state index contributed by atoms with van der Waals surface area (Å²) in [4.78, 5) is 20.5. The zero-order chi connectivity index (χ0) is 10.6. The Morgan fingerprint density at radius 3 is 2.43 bits per heavy atom. The van der Waals surface area contributed by atoms with Crippen LogP contribution in [0.4, 0.5) is 0 Å². The molecule has 6 heteroatoms. The standard InChI is InChI=1S/C8H7BO5/c10-4-6-1-7(9(12)13)3-8(2-6)14-5-11/h1-5,12-13H. The van der Waals surface area contributed by atoms with Crippen molar-refractivity contribution in [3.63, 3.8) is 0 Å². The fourth-order valence-electron chi connectivity index (χ4n) is 0.987. The molecule has 0 unspecified atom stereocenters. The van der Waals surface area contributed by atoms with E-state index in [0.717, 1.165) is 0 Å². The van der Waals surface area contributed by atoms with E-state index < -0.39 is 7.12 Å². The molecular weight excluding hydrogens is 187 g/mol. The Labute approximate surface area is 80.1 Å². The van der Waals surface area contributed by atoms with Gasteiger partial charge in [0.25, 0.3) is 6.47 Å². The largest absolute Gasteiger partial charge is 0.488 e. The lowest BCUT2D eigenvalue weighted by atomic mass is 9.79. The van der Waals surface area contributed by atoms with Crippen LogP contribution in [0.3, 0.4) is 0 Å². The van der Waals surface area contributed by atoms with Crippen LogP contribution in [-0.4, -0.2) is 29.9 Å². The van der Waals surface area contributed by atoms with Gasteiger partial charge in [0, 0.05) is 5.56 Å². The molecule has 0 radical (unpaired) electrons. The van der Waals surface area contributed by atoms with Crippen molar-refractivity contribution in [2.24, 2.45) is 0 Å². The summed E-state index contributed by atoms with van der Waals surface area (Å²) in [6, 6.07) is 3.86. The smallest absolute Gasteiger partial charge is 0.429 e. The van der Waals surface area contributed by atoms with Crippen molar-refractivity contribution >= 4 is 25.3 Å². The number of hydrogen-bond donors (Lipinski definition) is 2. The molecule has 0 aliphatic rings. The van der Waals surface area contributed by atoms with Gasteiger partial charge in [0.1, 0.15) is 12.0 Å². The normalized spacial score (nSPS) is 9.29. The Hall–Kier alpha value is -1.66. The van der Waals surface area contributed by atoms with Crippen molar-refractivity contribution in [3.8, 4) is 5.75 Å². The van der Waals surface area contributed by atoms with Crippen molar-refractivity contribution < 1.29 is 24.4 Å². The van der Waals surface area contributed by atoms with Gasteiger partial charge in [-0.05, 0) is 17.6 Å². The number of ether oxygens (including phenoxy) is 1. The minimum absolute atomic E-state index is 0.0893. The molecule has 0 amide bonds. The highest BCUT2D eigenvalue weighted by Gasteiger charge is 2.13. The highest BCUT2D eigenvalue weighted by Crippen LogP contribution is 2.09. The Bertz CT molecular complexity index is 350. The van der Waals surface area contributed by atoms with E-state index in [4.69, 9.17) is 10.0 Å². The van der Waals surface area contributed by atoms with Crippen LogP contribution in [0, 0.1) is 0 Å². The number of rotatable bonds is 4. The van der Waals surface area contributed by atoms with E-state index >= 15 is 0 Å². The number of hydrogen-bond acceptors (Lipinski definition) is 5. The molecule has 0 aliphatic heterocycles. The first-order valence-electron chi connectivity index (χ1n) is 3.74. The van der Waals surface area contributed by atoms with Gasteiger partial charge >= 0.3 is 7.12 Å². The summed E-state index contributed by atoms with van der Waals surface area (Å²) in [6.07, 6.45) is 0.517. The summed E-state index contributed by atoms with van der Waals surface area (Å²) in [5, 5.41) is 17.7. The predicted octanol–water partition coefficient (Wildman–Crippen LogP) is -1.29. The fraction of sp³-hybridized carbons (Fsp3) is 0. The summed E-state index contributed by atoms with van der Waals surface area (Å²) in [5.41, 5.74) is 0.291. The van der Waals surface area contributed by atoms with Gasteiger partial charge in [0.05, 0.1) is 0 Å². The van der Waals surface area contributed by atoms with E-state index in [0.29, 0.717) is 6.29 Å². The maximum Gasteiger partial charge on any atom is 0.488 e. The van der Waals surface area contributed by atoms with Gasteiger partial charge in [-0.1, -0.05) is 6.07 Å². The Morgan fingerprint density at radius 1 is 1.21 bits per heavy atom. The number of carbonyl (C=O) groups excluding carboxylic acids is 2. The highest BCUT2D eigenvalue weighted by atomic mass is 16.5. The van der Waals surface area contributed by atoms with E-state index in [2.05, 4.69) is 4.74 Å². The van der Waals surface area contributed by atoms with Gasteiger partial charge < -0.3 is 14.8 Å². The third kappa shape index (κ3) is 2.41. The molecule has 1 rings (SSSR count). The second-order valence-corrected chi connectivity index (χ2v) is 2.54. The molecular formula is C8H7BO5. The van der Waals surface area contributed by atoms with Crippen molar-refractivity contribution in [1.82, 2.24) is 0 Å². The maximum atomic E-state index is 10.4. The van der Waals surface area contributed by atoms with Crippen LogP contribution in [0.5, 0.6) is 5.75 Å². The van der Waals surface area contributed by atoms with Crippen molar-refractivity contribution in [3.05, 3.63) is 23.8 Å². The molecule has 0 heterocycles. The lowest BCUT2D eigenvalue weighted by molar-refractivity contribution is -0.120. The first kappa shape index (κ1) is 10.4. The van der Waals surface area contributed by atoms with Crippen LogP contribution < -0.4 is 10.2 Å². The van der Waals surface area contributed by atoms with Crippen LogP contribution in [0.15, 0.2) is 18.2 Å². The van der Waals surface area contributed by atoms with Crippen molar-refractivity contribution in [2.75, 3.05) is 0 Å². The molecule has 0 aliphatic carbocycles.